The van der Waals surface area contributed by atoms with E-state index in [-0.39, 0.29) is 0 Å². The third kappa shape index (κ3) is 3.16. The Morgan fingerprint density at radius 2 is 2.33 bits per heavy atom. The molecule has 0 amide bonds. The molecule has 3 atom stereocenters. The summed E-state index contributed by atoms with van der Waals surface area (Å²) in [7, 11) is 3.83. The van der Waals surface area contributed by atoms with Crippen LogP contribution in [0.25, 0.3) is 10.6 Å². The van der Waals surface area contributed by atoms with Gasteiger partial charge in [-0.15, -0.1) is 11.3 Å². The zero-order valence-electron chi connectivity index (χ0n) is 14.4. The zero-order valence-corrected chi connectivity index (χ0v) is 15.2. The second-order valence-corrected chi connectivity index (χ2v) is 7.72. The molecule has 6 heteroatoms. The van der Waals surface area contributed by atoms with E-state index in [0.29, 0.717) is 18.2 Å². The standard InChI is InChI=1S/C18H25N3O2S/c1-20-11-13(18(19-20)17-4-3-9-24-17)12-21-7-8-23-16-6-5-14(22-2)10-15(16)21/h3-4,9,11,14-16H,5-8,10,12H2,1-2H3. The number of rotatable bonds is 4. The fourth-order valence-electron chi connectivity index (χ4n) is 4.05. The molecule has 0 bridgehead atoms. The van der Waals surface area contributed by atoms with Crippen LogP contribution in [0.4, 0.5) is 0 Å². The Hall–Kier alpha value is -1.21. The van der Waals surface area contributed by atoms with E-state index in [2.05, 4.69) is 28.6 Å². The average Bonchev–Trinajstić information content (AvgIpc) is 3.24. The Kier molecular flexibility index (Phi) is 4.72. The molecule has 5 nitrogen and oxygen atoms in total. The van der Waals surface area contributed by atoms with Crippen molar-refractivity contribution in [3.63, 3.8) is 0 Å². The van der Waals surface area contributed by atoms with Crippen LogP contribution in [0.15, 0.2) is 23.7 Å². The second kappa shape index (κ2) is 6.96. The zero-order chi connectivity index (χ0) is 16.5. The lowest BCUT2D eigenvalue weighted by Gasteiger charge is -2.45. The Balaban J connectivity index is 1.56. The molecule has 24 heavy (non-hydrogen) atoms. The van der Waals surface area contributed by atoms with E-state index in [4.69, 9.17) is 14.6 Å². The van der Waals surface area contributed by atoms with Crippen molar-refractivity contribution < 1.29 is 9.47 Å². The molecule has 3 heterocycles. The van der Waals surface area contributed by atoms with Crippen molar-refractivity contribution in [2.45, 2.75) is 44.1 Å². The van der Waals surface area contributed by atoms with Crippen molar-refractivity contribution in [2.24, 2.45) is 7.05 Å². The van der Waals surface area contributed by atoms with E-state index < -0.39 is 0 Å². The molecule has 0 spiro atoms. The van der Waals surface area contributed by atoms with Crippen molar-refractivity contribution >= 4 is 11.3 Å². The highest BCUT2D eigenvalue weighted by atomic mass is 32.1. The molecule has 1 aliphatic carbocycles. The summed E-state index contributed by atoms with van der Waals surface area (Å²) in [5.74, 6) is 0. The first kappa shape index (κ1) is 16.3. The highest BCUT2D eigenvalue weighted by Gasteiger charge is 2.38. The smallest absolute Gasteiger partial charge is 0.107 e. The van der Waals surface area contributed by atoms with Gasteiger partial charge in [-0.2, -0.15) is 5.10 Å². The summed E-state index contributed by atoms with van der Waals surface area (Å²) in [6.45, 7) is 2.74. The maximum Gasteiger partial charge on any atom is 0.107 e. The highest BCUT2D eigenvalue weighted by Crippen LogP contribution is 2.33. The van der Waals surface area contributed by atoms with Gasteiger partial charge in [-0.05, 0) is 30.7 Å². The molecular formula is C18H25N3O2S. The predicted octanol–water partition coefficient (Wildman–Crippen LogP) is 2.92. The summed E-state index contributed by atoms with van der Waals surface area (Å²) in [5, 5.41) is 6.81. The van der Waals surface area contributed by atoms with Crippen LogP contribution in [-0.4, -0.2) is 53.2 Å². The third-order valence-electron chi connectivity index (χ3n) is 5.25. The van der Waals surface area contributed by atoms with Crippen LogP contribution in [0.3, 0.4) is 0 Å². The highest BCUT2D eigenvalue weighted by molar-refractivity contribution is 7.13. The van der Waals surface area contributed by atoms with Gasteiger partial charge < -0.3 is 9.47 Å². The van der Waals surface area contributed by atoms with Gasteiger partial charge in [0.25, 0.3) is 0 Å². The largest absolute Gasteiger partial charge is 0.381 e. The molecule has 0 radical (unpaired) electrons. The number of aryl methyl sites for hydroxylation is 1. The van der Waals surface area contributed by atoms with Crippen LogP contribution in [0.2, 0.25) is 0 Å². The number of thiophene rings is 1. The first-order valence-corrected chi connectivity index (χ1v) is 9.57. The molecule has 0 aromatic carbocycles. The Bertz CT molecular complexity index is 670. The molecule has 2 aliphatic rings. The lowest BCUT2D eigenvalue weighted by molar-refractivity contribution is -0.116. The quantitative estimate of drug-likeness (QED) is 0.853. The number of hydrogen-bond donors (Lipinski definition) is 0. The number of fused-ring (bicyclic) bond motifs is 1. The predicted molar refractivity (Wildman–Crippen MR) is 95.1 cm³/mol. The van der Waals surface area contributed by atoms with Crippen molar-refractivity contribution in [1.29, 1.82) is 0 Å². The summed E-state index contributed by atoms with van der Waals surface area (Å²) in [5.41, 5.74) is 2.43. The topological polar surface area (TPSA) is 39.5 Å². The lowest BCUT2D eigenvalue weighted by Crippen LogP contribution is -2.54. The van der Waals surface area contributed by atoms with Crippen LogP contribution in [-0.2, 0) is 23.1 Å². The number of nitrogens with zero attached hydrogens (tertiary/aromatic N) is 3. The Labute approximate surface area is 147 Å². The fraction of sp³-hybridized carbons (Fsp3) is 0.611. The van der Waals surface area contributed by atoms with Crippen LogP contribution in [0.5, 0.6) is 0 Å². The number of ether oxygens (including phenoxy) is 2. The first-order valence-electron chi connectivity index (χ1n) is 8.69. The Morgan fingerprint density at radius 3 is 3.12 bits per heavy atom. The molecule has 1 saturated carbocycles. The normalized spacial score (nSPS) is 28.0. The first-order chi connectivity index (χ1) is 11.7. The minimum atomic E-state index is 0.354. The van der Waals surface area contributed by atoms with Gasteiger partial charge in [-0.3, -0.25) is 9.58 Å². The maximum atomic E-state index is 6.03. The monoisotopic (exact) mass is 347 g/mol. The van der Waals surface area contributed by atoms with Gasteiger partial charge in [0.05, 0.1) is 23.7 Å². The molecule has 4 rings (SSSR count). The van der Waals surface area contributed by atoms with Crippen LogP contribution < -0.4 is 0 Å². The number of aromatic nitrogens is 2. The van der Waals surface area contributed by atoms with Crippen molar-refractivity contribution in [2.75, 3.05) is 20.3 Å². The molecule has 2 fully saturated rings. The van der Waals surface area contributed by atoms with E-state index in [1.807, 2.05) is 18.8 Å². The Morgan fingerprint density at radius 1 is 1.42 bits per heavy atom. The van der Waals surface area contributed by atoms with E-state index in [0.717, 1.165) is 44.7 Å². The minimum Gasteiger partial charge on any atom is -0.381 e. The van der Waals surface area contributed by atoms with E-state index in [1.165, 1.54) is 10.4 Å². The van der Waals surface area contributed by atoms with E-state index >= 15 is 0 Å². The lowest BCUT2D eigenvalue weighted by atomic mass is 9.87. The number of morpholine rings is 1. The van der Waals surface area contributed by atoms with Crippen molar-refractivity contribution in [3.05, 3.63) is 29.3 Å². The molecule has 2 aromatic rings. The molecule has 1 saturated heterocycles. The van der Waals surface area contributed by atoms with Crippen LogP contribution >= 0.6 is 11.3 Å². The summed E-state index contributed by atoms with van der Waals surface area (Å²) in [6.07, 6.45) is 6.16. The third-order valence-corrected chi connectivity index (χ3v) is 6.13. The van der Waals surface area contributed by atoms with Crippen molar-refractivity contribution in [3.8, 4) is 10.6 Å². The van der Waals surface area contributed by atoms with Gasteiger partial charge in [0.1, 0.15) is 5.69 Å². The van der Waals surface area contributed by atoms with E-state index in [9.17, 15) is 0 Å². The van der Waals surface area contributed by atoms with Gasteiger partial charge in [0.15, 0.2) is 0 Å². The maximum absolute atomic E-state index is 6.03. The molecule has 130 valence electrons. The summed E-state index contributed by atoms with van der Waals surface area (Å²) in [6, 6.07) is 4.70. The second-order valence-electron chi connectivity index (χ2n) is 6.77. The van der Waals surface area contributed by atoms with Gasteiger partial charge in [0, 0.05) is 45.0 Å². The van der Waals surface area contributed by atoms with Gasteiger partial charge in [-0.25, -0.2) is 0 Å². The summed E-state index contributed by atoms with van der Waals surface area (Å²) >= 11 is 1.75. The van der Waals surface area contributed by atoms with Crippen molar-refractivity contribution in [1.82, 2.24) is 14.7 Å². The van der Waals surface area contributed by atoms with Gasteiger partial charge in [-0.1, -0.05) is 6.07 Å². The van der Waals surface area contributed by atoms with Gasteiger partial charge in [0.2, 0.25) is 0 Å². The molecular weight excluding hydrogens is 322 g/mol. The van der Waals surface area contributed by atoms with Gasteiger partial charge >= 0.3 is 0 Å². The molecule has 2 aromatic heterocycles. The molecule has 3 unspecified atom stereocenters. The fourth-order valence-corrected chi connectivity index (χ4v) is 4.79. The van der Waals surface area contributed by atoms with Crippen LogP contribution in [0, 0.1) is 0 Å². The summed E-state index contributed by atoms with van der Waals surface area (Å²) < 4.78 is 13.6. The molecule has 1 aliphatic heterocycles. The molecule has 0 N–H and O–H groups in total. The average molecular weight is 347 g/mol. The number of hydrogen-bond acceptors (Lipinski definition) is 5. The number of methoxy groups -OCH3 is 1. The van der Waals surface area contributed by atoms with E-state index in [1.54, 1.807) is 11.3 Å². The summed E-state index contributed by atoms with van der Waals surface area (Å²) in [4.78, 5) is 3.82. The van der Waals surface area contributed by atoms with Crippen LogP contribution in [0.1, 0.15) is 24.8 Å². The SMILES string of the molecule is COC1CCC2OCCN(Cc3cn(C)nc3-c3cccs3)C2C1. The minimum absolute atomic E-state index is 0.354.